The highest BCUT2D eigenvalue weighted by Crippen LogP contribution is 2.21. The minimum Gasteiger partial charge on any atom is -0.325 e. The molecule has 0 atom stereocenters. The molecule has 0 aliphatic rings. The van der Waals surface area contributed by atoms with Crippen LogP contribution in [0.15, 0.2) is 24.3 Å². The normalized spacial score (nSPS) is 11.7. The first-order chi connectivity index (χ1) is 8.81. The van der Waals surface area contributed by atoms with E-state index in [0.29, 0.717) is 0 Å². The predicted octanol–water partition coefficient (Wildman–Crippen LogP) is 2.25. The summed E-state index contributed by atoms with van der Waals surface area (Å²) in [5.74, 6) is -5.37. The van der Waals surface area contributed by atoms with Gasteiger partial charge in [0.15, 0.2) is 0 Å². The molecule has 106 valence electrons. The fraction of sp³-hybridized carbons (Fsp3) is 0.364. The van der Waals surface area contributed by atoms with Crippen molar-refractivity contribution < 1.29 is 26.7 Å². The second-order valence-electron chi connectivity index (χ2n) is 3.72. The molecule has 0 heterocycles. The number of nitrogens with one attached hydrogen (secondary N) is 2. The SMILES string of the molecule is O=C(CNCC(F)(F)C(F)F)Nc1ccc(F)cc1. The smallest absolute Gasteiger partial charge is 0.319 e. The van der Waals surface area contributed by atoms with E-state index in [1.54, 1.807) is 0 Å². The van der Waals surface area contributed by atoms with Gasteiger partial charge in [0.05, 0.1) is 13.1 Å². The van der Waals surface area contributed by atoms with E-state index >= 15 is 0 Å². The van der Waals surface area contributed by atoms with E-state index in [9.17, 15) is 26.7 Å². The molecule has 0 unspecified atom stereocenters. The number of carbonyl (C=O) groups excluding carboxylic acids is 1. The van der Waals surface area contributed by atoms with Crippen molar-refractivity contribution in [1.29, 1.82) is 0 Å². The summed E-state index contributed by atoms with van der Waals surface area (Å²) in [5, 5.41) is 4.21. The molecule has 0 radical (unpaired) electrons. The van der Waals surface area contributed by atoms with Crippen LogP contribution >= 0.6 is 0 Å². The summed E-state index contributed by atoms with van der Waals surface area (Å²) < 4.78 is 61.1. The maximum Gasteiger partial charge on any atom is 0.319 e. The Morgan fingerprint density at radius 2 is 1.79 bits per heavy atom. The van der Waals surface area contributed by atoms with Gasteiger partial charge in [0.2, 0.25) is 5.91 Å². The van der Waals surface area contributed by atoms with Gasteiger partial charge in [-0.25, -0.2) is 13.2 Å². The van der Waals surface area contributed by atoms with Gasteiger partial charge >= 0.3 is 12.3 Å². The van der Waals surface area contributed by atoms with Crippen LogP contribution in [0.3, 0.4) is 0 Å². The first-order valence-electron chi connectivity index (χ1n) is 5.23. The Balaban J connectivity index is 2.34. The highest BCUT2D eigenvalue weighted by Gasteiger charge is 2.40. The van der Waals surface area contributed by atoms with Gasteiger partial charge in [0.25, 0.3) is 0 Å². The minimum atomic E-state index is -4.18. The molecule has 2 N–H and O–H groups in total. The van der Waals surface area contributed by atoms with Crippen molar-refractivity contribution in [2.24, 2.45) is 0 Å². The number of alkyl halides is 4. The number of anilines is 1. The second-order valence-corrected chi connectivity index (χ2v) is 3.72. The molecule has 1 aromatic carbocycles. The largest absolute Gasteiger partial charge is 0.325 e. The third kappa shape index (κ3) is 5.21. The Morgan fingerprint density at radius 1 is 1.21 bits per heavy atom. The average Bonchev–Trinajstić information content (AvgIpc) is 2.31. The van der Waals surface area contributed by atoms with E-state index in [-0.39, 0.29) is 5.69 Å². The molecule has 0 aliphatic carbocycles. The van der Waals surface area contributed by atoms with Gasteiger partial charge in [-0.3, -0.25) is 4.79 Å². The van der Waals surface area contributed by atoms with Crippen molar-refractivity contribution in [2.75, 3.05) is 18.4 Å². The molecule has 0 aliphatic heterocycles. The molecule has 3 nitrogen and oxygen atoms in total. The lowest BCUT2D eigenvalue weighted by molar-refractivity contribution is -0.127. The Kier molecular flexibility index (Phi) is 5.22. The fourth-order valence-corrected chi connectivity index (χ4v) is 1.16. The van der Waals surface area contributed by atoms with Crippen molar-refractivity contribution >= 4 is 11.6 Å². The highest BCUT2D eigenvalue weighted by atomic mass is 19.3. The predicted molar refractivity (Wildman–Crippen MR) is 58.9 cm³/mol. The van der Waals surface area contributed by atoms with Crippen molar-refractivity contribution in [3.05, 3.63) is 30.1 Å². The molecule has 1 rings (SSSR count). The van der Waals surface area contributed by atoms with Crippen LogP contribution in [0.25, 0.3) is 0 Å². The second kappa shape index (κ2) is 6.46. The average molecular weight is 282 g/mol. The van der Waals surface area contributed by atoms with Gasteiger partial charge in [0.1, 0.15) is 5.82 Å². The third-order valence-corrected chi connectivity index (χ3v) is 2.09. The Morgan fingerprint density at radius 3 is 2.32 bits per heavy atom. The van der Waals surface area contributed by atoms with E-state index in [2.05, 4.69) is 5.32 Å². The van der Waals surface area contributed by atoms with Gasteiger partial charge in [-0.15, -0.1) is 0 Å². The number of carbonyl (C=O) groups is 1. The van der Waals surface area contributed by atoms with Crippen LogP contribution in [-0.2, 0) is 4.79 Å². The number of hydrogen-bond acceptors (Lipinski definition) is 2. The zero-order valence-electron chi connectivity index (χ0n) is 9.60. The lowest BCUT2D eigenvalue weighted by atomic mass is 10.3. The van der Waals surface area contributed by atoms with Crippen LogP contribution in [0, 0.1) is 5.82 Å². The number of benzene rings is 1. The van der Waals surface area contributed by atoms with Crippen LogP contribution in [0.2, 0.25) is 0 Å². The van der Waals surface area contributed by atoms with Crippen LogP contribution in [-0.4, -0.2) is 31.3 Å². The summed E-state index contributed by atoms with van der Waals surface area (Å²) in [6.07, 6.45) is -3.79. The van der Waals surface area contributed by atoms with Gasteiger partial charge in [0, 0.05) is 5.69 Å². The molecular formula is C11H11F5N2O. The minimum absolute atomic E-state index is 0.272. The van der Waals surface area contributed by atoms with Crippen molar-refractivity contribution in [3.63, 3.8) is 0 Å². The third-order valence-electron chi connectivity index (χ3n) is 2.09. The molecule has 0 fully saturated rings. The molecule has 1 aromatic rings. The summed E-state index contributed by atoms with van der Waals surface area (Å²) in [5.41, 5.74) is 0.272. The van der Waals surface area contributed by atoms with Crippen molar-refractivity contribution in [2.45, 2.75) is 12.3 Å². The summed E-state index contributed by atoms with van der Waals surface area (Å²) >= 11 is 0. The summed E-state index contributed by atoms with van der Waals surface area (Å²) in [6.45, 7) is -1.86. The van der Waals surface area contributed by atoms with Crippen LogP contribution in [0.1, 0.15) is 0 Å². The number of halogens is 5. The highest BCUT2D eigenvalue weighted by molar-refractivity contribution is 5.92. The maximum atomic E-state index is 12.6. The zero-order valence-corrected chi connectivity index (χ0v) is 9.60. The molecule has 0 saturated carbocycles. The van der Waals surface area contributed by atoms with Gasteiger partial charge < -0.3 is 10.6 Å². The van der Waals surface area contributed by atoms with E-state index < -0.39 is 37.2 Å². The van der Waals surface area contributed by atoms with Crippen LogP contribution in [0.5, 0.6) is 0 Å². The van der Waals surface area contributed by atoms with E-state index in [0.717, 1.165) is 12.1 Å². The molecule has 0 bridgehead atoms. The van der Waals surface area contributed by atoms with Gasteiger partial charge in [-0.2, -0.15) is 8.78 Å². The number of amides is 1. The fourth-order valence-electron chi connectivity index (χ4n) is 1.16. The molecule has 19 heavy (non-hydrogen) atoms. The Hall–Kier alpha value is -1.70. The quantitative estimate of drug-likeness (QED) is 0.786. The zero-order chi connectivity index (χ0) is 14.5. The lowest BCUT2D eigenvalue weighted by Crippen LogP contribution is -2.41. The Labute approximate surface area is 105 Å². The molecule has 0 spiro atoms. The first kappa shape index (κ1) is 15.4. The summed E-state index contributed by atoms with van der Waals surface area (Å²) in [7, 11) is 0. The van der Waals surface area contributed by atoms with Crippen LogP contribution < -0.4 is 10.6 Å². The van der Waals surface area contributed by atoms with E-state index in [1.807, 2.05) is 5.32 Å². The molecule has 0 aromatic heterocycles. The molecular weight excluding hydrogens is 271 g/mol. The monoisotopic (exact) mass is 282 g/mol. The van der Waals surface area contributed by atoms with Gasteiger partial charge in [-0.05, 0) is 24.3 Å². The maximum absolute atomic E-state index is 12.6. The van der Waals surface area contributed by atoms with Gasteiger partial charge in [-0.1, -0.05) is 0 Å². The van der Waals surface area contributed by atoms with Crippen molar-refractivity contribution in [1.82, 2.24) is 5.32 Å². The summed E-state index contributed by atoms with van der Waals surface area (Å²) in [4.78, 5) is 11.3. The molecule has 8 heteroatoms. The topological polar surface area (TPSA) is 41.1 Å². The lowest BCUT2D eigenvalue weighted by Gasteiger charge is -2.15. The Bertz CT molecular complexity index is 422. The standard InChI is InChI=1S/C11H11F5N2O/c12-7-1-3-8(4-2-7)18-9(19)5-17-6-11(15,16)10(13)14/h1-4,10,17H,5-6H2,(H,18,19). The number of hydrogen-bond donors (Lipinski definition) is 2. The van der Waals surface area contributed by atoms with E-state index in [4.69, 9.17) is 0 Å². The van der Waals surface area contributed by atoms with Crippen molar-refractivity contribution in [3.8, 4) is 0 Å². The molecule has 0 saturated heterocycles. The number of rotatable bonds is 6. The molecule has 1 amide bonds. The van der Waals surface area contributed by atoms with E-state index in [1.165, 1.54) is 12.1 Å². The first-order valence-corrected chi connectivity index (χ1v) is 5.23. The summed E-state index contributed by atoms with van der Waals surface area (Å²) in [6, 6.07) is 4.77. The van der Waals surface area contributed by atoms with Crippen LogP contribution in [0.4, 0.5) is 27.6 Å².